The summed E-state index contributed by atoms with van der Waals surface area (Å²) >= 11 is 0. The molecule has 5 rings (SSSR count). The number of rotatable bonds is 8. The van der Waals surface area contributed by atoms with Crippen LogP contribution in [0.1, 0.15) is 36.0 Å². The van der Waals surface area contributed by atoms with Crippen LogP contribution < -0.4 is 9.88 Å². The van der Waals surface area contributed by atoms with E-state index in [4.69, 9.17) is 9.88 Å². The second-order valence-corrected chi connectivity index (χ2v) is 13.1. The van der Waals surface area contributed by atoms with Crippen molar-refractivity contribution in [3.63, 3.8) is 0 Å². The van der Waals surface area contributed by atoms with Crippen molar-refractivity contribution in [2.45, 2.75) is 43.8 Å². The molecule has 0 aliphatic carbocycles. The van der Waals surface area contributed by atoms with Crippen LogP contribution in [-0.4, -0.2) is 63.1 Å². The van der Waals surface area contributed by atoms with E-state index < -0.39 is 20.2 Å². The minimum absolute atomic E-state index is 0.135. The van der Waals surface area contributed by atoms with E-state index >= 15 is 0 Å². The molecule has 2 saturated heterocycles. The molecule has 2 fully saturated rings. The highest BCUT2D eigenvalue weighted by molar-refractivity contribution is 7.89. The van der Waals surface area contributed by atoms with Crippen molar-refractivity contribution in [3.05, 3.63) is 59.2 Å². The zero-order chi connectivity index (χ0) is 24.6. The van der Waals surface area contributed by atoms with Crippen LogP contribution in [-0.2, 0) is 39.9 Å². The van der Waals surface area contributed by atoms with Crippen molar-refractivity contribution in [2.24, 2.45) is 11.1 Å². The van der Waals surface area contributed by atoms with Crippen LogP contribution in [0.2, 0.25) is 0 Å². The fourth-order valence-corrected chi connectivity index (χ4v) is 7.37. The van der Waals surface area contributed by atoms with Gasteiger partial charge in [-0.15, -0.1) is 0 Å². The van der Waals surface area contributed by atoms with Gasteiger partial charge in [0, 0.05) is 45.8 Å². The van der Waals surface area contributed by atoms with Crippen molar-refractivity contribution in [1.29, 1.82) is 0 Å². The average Bonchev–Trinajstić information content (AvgIpc) is 3.18. The first-order valence-corrected chi connectivity index (χ1v) is 15.0. The topological polar surface area (TPSA) is 113 Å². The largest absolute Gasteiger partial charge is 0.492 e. The van der Waals surface area contributed by atoms with Crippen LogP contribution in [0.3, 0.4) is 0 Å². The predicted octanol–water partition coefficient (Wildman–Crippen LogP) is 1.89. The van der Waals surface area contributed by atoms with Gasteiger partial charge in [0.2, 0.25) is 10.0 Å². The highest BCUT2D eigenvalue weighted by Gasteiger charge is 2.33. The molecule has 3 aliphatic heterocycles. The lowest BCUT2D eigenvalue weighted by atomic mass is 9.99. The molecule has 35 heavy (non-hydrogen) atoms. The lowest BCUT2D eigenvalue weighted by Crippen LogP contribution is -2.43. The first-order valence-electron chi connectivity index (χ1n) is 12.0. The fourth-order valence-electron chi connectivity index (χ4n) is 4.95. The molecule has 190 valence electrons. The van der Waals surface area contributed by atoms with Gasteiger partial charge in [-0.25, -0.2) is 13.6 Å². The van der Waals surface area contributed by atoms with Crippen LogP contribution >= 0.6 is 0 Å². The number of benzene rings is 2. The molecule has 2 N–H and O–H groups in total. The van der Waals surface area contributed by atoms with Gasteiger partial charge in [-0.3, -0.25) is 4.90 Å². The first-order chi connectivity index (χ1) is 16.7. The Labute approximate surface area is 207 Å². The van der Waals surface area contributed by atoms with E-state index in [0.717, 1.165) is 25.1 Å². The maximum Gasteiger partial charge on any atom is 0.276 e. The molecular formula is C24H32N4O5S2. The van der Waals surface area contributed by atoms with Crippen LogP contribution in [0.5, 0.6) is 5.75 Å². The third kappa shape index (κ3) is 5.40. The van der Waals surface area contributed by atoms with Gasteiger partial charge in [0.25, 0.3) is 10.2 Å². The molecule has 2 aromatic carbocycles. The Morgan fingerprint density at radius 1 is 0.886 bits per heavy atom. The van der Waals surface area contributed by atoms with E-state index in [-0.39, 0.29) is 10.8 Å². The van der Waals surface area contributed by atoms with E-state index in [2.05, 4.69) is 17.0 Å². The Hall–Kier alpha value is -2.02. The molecular weight excluding hydrogens is 488 g/mol. The number of nitrogens with zero attached hydrogens (tertiary/aromatic N) is 3. The smallest absolute Gasteiger partial charge is 0.276 e. The highest BCUT2D eigenvalue weighted by Crippen LogP contribution is 2.33. The van der Waals surface area contributed by atoms with Crippen molar-refractivity contribution < 1.29 is 21.6 Å². The number of fused-ring (bicyclic) bond motifs is 1. The number of sulfonamides is 1. The summed E-state index contributed by atoms with van der Waals surface area (Å²) in [6, 6.07) is 13.8. The van der Waals surface area contributed by atoms with Gasteiger partial charge in [0.1, 0.15) is 10.6 Å². The van der Waals surface area contributed by atoms with Crippen LogP contribution in [0, 0.1) is 5.92 Å². The SMILES string of the molecule is NS(=O)(=O)N1CCC(COc2ccc(CN3Cc4ccccc4C3)cc2S(=O)(=O)N2CCC2)CC1. The quantitative estimate of drug-likeness (QED) is 0.569. The van der Waals surface area contributed by atoms with Crippen LogP contribution in [0.4, 0.5) is 0 Å². The molecule has 3 aliphatic rings. The van der Waals surface area contributed by atoms with Crippen molar-refractivity contribution in [1.82, 2.24) is 13.5 Å². The van der Waals surface area contributed by atoms with Gasteiger partial charge in [-0.2, -0.15) is 17.0 Å². The minimum atomic E-state index is -3.68. The van der Waals surface area contributed by atoms with Gasteiger partial charge >= 0.3 is 0 Å². The van der Waals surface area contributed by atoms with Gasteiger partial charge in [-0.1, -0.05) is 30.3 Å². The Bertz CT molecular complexity index is 1260. The predicted molar refractivity (Wildman–Crippen MR) is 132 cm³/mol. The van der Waals surface area contributed by atoms with E-state index in [1.807, 2.05) is 18.2 Å². The van der Waals surface area contributed by atoms with Crippen LogP contribution in [0.15, 0.2) is 47.4 Å². The molecule has 0 spiro atoms. The average molecular weight is 521 g/mol. The Morgan fingerprint density at radius 2 is 1.54 bits per heavy atom. The van der Waals surface area contributed by atoms with Crippen molar-refractivity contribution in [2.75, 3.05) is 32.8 Å². The second kappa shape index (κ2) is 9.79. The van der Waals surface area contributed by atoms with E-state index in [0.29, 0.717) is 57.9 Å². The van der Waals surface area contributed by atoms with Crippen molar-refractivity contribution >= 4 is 20.2 Å². The summed E-state index contributed by atoms with van der Waals surface area (Å²) < 4.78 is 58.6. The third-order valence-electron chi connectivity index (χ3n) is 7.16. The lowest BCUT2D eigenvalue weighted by Gasteiger charge is -2.31. The van der Waals surface area contributed by atoms with Crippen molar-refractivity contribution in [3.8, 4) is 5.75 Å². The summed E-state index contributed by atoms with van der Waals surface area (Å²) in [5.74, 6) is 0.495. The standard InChI is InChI=1S/C24H32N4O5S2/c25-35(31,32)28-12-8-19(9-13-28)18-33-23-7-6-20(14-24(23)34(29,30)27-10-3-11-27)15-26-16-21-4-1-2-5-22(21)17-26/h1-2,4-7,14,19H,3,8-13,15-18H2,(H2,25,31,32). The molecule has 2 aromatic rings. The zero-order valence-electron chi connectivity index (χ0n) is 19.7. The summed E-state index contributed by atoms with van der Waals surface area (Å²) in [7, 11) is -7.32. The number of piperidine rings is 1. The fraction of sp³-hybridized carbons (Fsp3) is 0.500. The van der Waals surface area contributed by atoms with Gasteiger partial charge < -0.3 is 4.74 Å². The number of ether oxygens (including phenoxy) is 1. The lowest BCUT2D eigenvalue weighted by molar-refractivity contribution is 0.182. The number of hydrogen-bond acceptors (Lipinski definition) is 6. The van der Waals surface area contributed by atoms with E-state index in [9.17, 15) is 16.8 Å². The molecule has 0 saturated carbocycles. The summed E-state index contributed by atoms with van der Waals surface area (Å²) in [4.78, 5) is 2.52. The van der Waals surface area contributed by atoms with Crippen LogP contribution in [0.25, 0.3) is 0 Å². The molecule has 0 amide bonds. The zero-order valence-corrected chi connectivity index (χ0v) is 21.3. The van der Waals surface area contributed by atoms with Gasteiger partial charge in [-0.05, 0) is 54.0 Å². The second-order valence-electron chi connectivity index (χ2n) is 9.65. The third-order valence-corrected chi connectivity index (χ3v) is 10.2. The monoisotopic (exact) mass is 520 g/mol. The number of nitrogens with two attached hydrogens (primary N) is 1. The summed E-state index contributed by atoms with van der Waals surface area (Å²) in [6.45, 7) is 4.44. The highest BCUT2D eigenvalue weighted by atomic mass is 32.2. The molecule has 0 aromatic heterocycles. The summed E-state index contributed by atoms with van der Waals surface area (Å²) in [5, 5.41) is 5.22. The molecule has 3 heterocycles. The molecule has 0 radical (unpaired) electrons. The van der Waals surface area contributed by atoms with E-state index in [1.165, 1.54) is 19.7 Å². The number of hydrogen-bond donors (Lipinski definition) is 1. The maximum atomic E-state index is 13.4. The molecule has 0 atom stereocenters. The molecule has 11 heteroatoms. The molecule has 0 bridgehead atoms. The van der Waals surface area contributed by atoms with Gasteiger partial charge in [0.15, 0.2) is 0 Å². The minimum Gasteiger partial charge on any atom is -0.492 e. The molecule has 9 nitrogen and oxygen atoms in total. The maximum absolute atomic E-state index is 13.4. The van der Waals surface area contributed by atoms with Gasteiger partial charge in [0.05, 0.1) is 6.61 Å². The summed E-state index contributed by atoms with van der Waals surface area (Å²) in [5.41, 5.74) is 3.56. The molecule has 0 unspecified atom stereocenters. The Balaban J connectivity index is 1.30. The Morgan fingerprint density at radius 3 is 2.11 bits per heavy atom. The normalized spacial score (nSPS) is 20.5. The summed E-state index contributed by atoms with van der Waals surface area (Å²) in [6.07, 6.45) is 2.11. The first kappa shape index (κ1) is 24.7. The Kier molecular flexibility index (Phi) is 6.90. The van der Waals surface area contributed by atoms with E-state index in [1.54, 1.807) is 12.1 Å².